The van der Waals surface area contributed by atoms with Gasteiger partial charge in [0.25, 0.3) is 0 Å². The number of nitrogens with one attached hydrogen (secondary N) is 1. The van der Waals surface area contributed by atoms with E-state index in [0.29, 0.717) is 6.04 Å². The molecule has 0 aliphatic carbocycles. The SMILES string of the molecule is CNC(C)c1ccc(CF)cc1. The van der Waals surface area contributed by atoms with Gasteiger partial charge < -0.3 is 5.32 Å². The molecule has 2 heteroatoms. The Labute approximate surface area is 72.6 Å². The number of hydrogen-bond donors (Lipinski definition) is 1. The van der Waals surface area contributed by atoms with Crippen LogP contribution in [0.5, 0.6) is 0 Å². The predicted molar refractivity (Wildman–Crippen MR) is 48.7 cm³/mol. The minimum absolute atomic E-state index is 0.332. The smallest absolute Gasteiger partial charge is 0.115 e. The fourth-order valence-electron chi connectivity index (χ4n) is 1.06. The van der Waals surface area contributed by atoms with Crippen molar-refractivity contribution < 1.29 is 4.39 Å². The fourth-order valence-corrected chi connectivity index (χ4v) is 1.06. The lowest BCUT2D eigenvalue weighted by Gasteiger charge is -2.10. The van der Waals surface area contributed by atoms with Crippen LogP contribution in [0.15, 0.2) is 24.3 Å². The minimum Gasteiger partial charge on any atom is -0.313 e. The van der Waals surface area contributed by atoms with Gasteiger partial charge in [-0.1, -0.05) is 24.3 Å². The van der Waals surface area contributed by atoms with Gasteiger partial charge in [-0.25, -0.2) is 4.39 Å². The zero-order valence-electron chi connectivity index (χ0n) is 7.47. The second-order valence-electron chi connectivity index (χ2n) is 2.89. The lowest BCUT2D eigenvalue weighted by molar-refractivity contribution is 0.485. The molecule has 0 aromatic heterocycles. The maximum atomic E-state index is 12.1. The van der Waals surface area contributed by atoms with Crippen molar-refractivity contribution in [2.24, 2.45) is 0 Å². The first-order chi connectivity index (χ1) is 5.77. The Balaban J connectivity index is 2.77. The lowest BCUT2D eigenvalue weighted by atomic mass is 10.1. The van der Waals surface area contributed by atoms with E-state index in [1.807, 2.05) is 31.3 Å². The van der Waals surface area contributed by atoms with Gasteiger partial charge in [0.05, 0.1) is 0 Å². The van der Waals surface area contributed by atoms with Crippen molar-refractivity contribution >= 4 is 0 Å². The number of alkyl halides is 1. The molecular formula is C10H14FN. The molecule has 0 radical (unpaired) electrons. The molecule has 0 bridgehead atoms. The van der Waals surface area contributed by atoms with Crippen LogP contribution in [0.3, 0.4) is 0 Å². The van der Waals surface area contributed by atoms with Gasteiger partial charge in [0, 0.05) is 6.04 Å². The van der Waals surface area contributed by atoms with Crippen molar-refractivity contribution in [2.75, 3.05) is 7.05 Å². The number of hydrogen-bond acceptors (Lipinski definition) is 1. The maximum absolute atomic E-state index is 12.1. The van der Waals surface area contributed by atoms with Gasteiger partial charge in [0.15, 0.2) is 0 Å². The van der Waals surface area contributed by atoms with Crippen molar-refractivity contribution in [3.63, 3.8) is 0 Å². The summed E-state index contributed by atoms with van der Waals surface area (Å²) in [6.45, 7) is 1.69. The molecule has 1 N–H and O–H groups in total. The quantitative estimate of drug-likeness (QED) is 0.729. The first-order valence-electron chi connectivity index (χ1n) is 4.10. The van der Waals surface area contributed by atoms with Crippen LogP contribution in [0.25, 0.3) is 0 Å². The van der Waals surface area contributed by atoms with Gasteiger partial charge in [-0.3, -0.25) is 0 Å². The molecule has 0 fully saturated rings. The van der Waals surface area contributed by atoms with Crippen molar-refractivity contribution in [2.45, 2.75) is 19.6 Å². The average molecular weight is 167 g/mol. The number of rotatable bonds is 3. The van der Waals surface area contributed by atoms with E-state index in [4.69, 9.17) is 0 Å². The Kier molecular flexibility index (Phi) is 3.23. The number of halogens is 1. The number of benzene rings is 1. The Hall–Kier alpha value is -0.890. The Morgan fingerprint density at radius 2 is 1.92 bits per heavy atom. The van der Waals surface area contributed by atoms with Gasteiger partial charge in [-0.05, 0) is 25.1 Å². The molecule has 1 rings (SSSR count). The second kappa shape index (κ2) is 4.21. The second-order valence-corrected chi connectivity index (χ2v) is 2.89. The highest BCUT2D eigenvalue weighted by atomic mass is 19.1. The molecule has 0 saturated carbocycles. The molecule has 0 spiro atoms. The van der Waals surface area contributed by atoms with Gasteiger partial charge in [0.1, 0.15) is 6.67 Å². The highest BCUT2D eigenvalue weighted by Crippen LogP contribution is 2.12. The highest BCUT2D eigenvalue weighted by Gasteiger charge is 2.00. The summed E-state index contributed by atoms with van der Waals surface area (Å²) in [4.78, 5) is 0. The van der Waals surface area contributed by atoms with E-state index in [-0.39, 0.29) is 6.67 Å². The first kappa shape index (κ1) is 9.20. The molecule has 0 amide bonds. The summed E-state index contributed by atoms with van der Waals surface area (Å²) in [6.07, 6.45) is 0. The zero-order valence-corrected chi connectivity index (χ0v) is 7.47. The van der Waals surface area contributed by atoms with Crippen LogP contribution in [-0.4, -0.2) is 7.05 Å². The standard InChI is InChI=1S/C10H14FN/c1-8(12-2)10-5-3-9(7-11)4-6-10/h3-6,8,12H,7H2,1-2H3. The van der Waals surface area contributed by atoms with Crippen LogP contribution in [0, 0.1) is 0 Å². The summed E-state index contributed by atoms with van der Waals surface area (Å²) in [6, 6.07) is 7.89. The van der Waals surface area contributed by atoms with Crippen LogP contribution >= 0.6 is 0 Å². The summed E-state index contributed by atoms with van der Waals surface area (Å²) in [5.74, 6) is 0. The minimum atomic E-state index is -0.381. The van der Waals surface area contributed by atoms with Crippen molar-refractivity contribution in [1.82, 2.24) is 5.32 Å². The van der Waals surface area contributed by atoms with Gasteiger partial charge in [0.2, 0.25) is 0 Å². The fraction of sp³-hybridized carbons (Fsp3) is 0.400. The largest absolute Gasteiger partial charge is 0.313 e. The Morgan fingerprint density at radius 3 is 2.33 bits per heavy atom. The summed E-state index contributed by atoms with van der Waals surface area (Å²) in [5.41, 5.74) is 1.93. The normalized spacial score (nSPS) is 12.9. The molecule has 0 heterocycles. The summed E-state index contributed by atoms with van der Waals surface area (Å²) in [5, 5.41) is 3.12. The van der Waals surface area contributed by atoms with E-state index in [1.54, 1.807) is 0 Å². The highest BCUT2D eigenvalue weighted by molar-refractivity contribution is 5.24. The molecule has 0 aliphatic rings. The Bertz CT molecular complexity index is 230. The van der Waals surface area contributed by atoms with Crippen LogP contribution in [-0.2, 0) is 6.67 Å². The topological polar surface area (TPSA) is 12.0 Å². The van der Waals surface area contributed by atoms with Crippen LogP contribution in [0.1, 0.15) is 24.1 Å². The Morgan fingerprint density at radius 1 is 1.33 bits per heavy atom. The summed E-state index contributed by atoms with van der Waals surface area (Å²) < 4.78 is 12.1. The molecule has 1 aromatic rings. The van der Waals surface area contributed by atoms with E-state index in [9.17, 15) is 4.39 Å². The first-order valence-corrected chi connectivity index (χ1v) is 4.10. The van der Waals surface area contributed by atoms with Gasteiger partial charge >= 0.3 is 0 Å². The summed E-state index contributed by atoms with van der Waals surface area (Å²) >= 11 is 0. The van der Waals surface area contributed by atoms with Gasteiger partial charge in [-0.2, -0.15) is 0 Å². The molecule has 1 aromatic carbocycles. The van der Waals surface area contributed by atoms with E-state index in [0.717, 1.165) is 5.56 Å². The average Bonchev–Trinajstić information content (AvgIpc) is 2.17. The van der Waals surface area contributed by atoms with E-state index < -0.39 is 0 Å². The molecule has 0 saturated heterocycles. The summed E-state index contributed by atoms with van der Waals surface area (Å²) in [7, 11) is 1.91. The molecule has 1 nitrogen and oxygen atoms in total. The van der Waals surface area contributed by atoms with E-state index in [1.165, 1.54) is 5.56 Å². The van der Waals surface area contributed by atoms with Crippen LogP contribution in [0.4, 0.5) is 4.39 Å². The van der Waals surface area contributed by atoms with E-state index in [2.05, 4.69) is 12.2 Å². The predicted octanol–water partition coefficient (Wildman–Crippen LogP) is 2.44. The molecular weight excluding hydrogens is 153 g/mol. The van der Waals surface area contributed by atoms with Gasteiger partial charge in [-0.15, -0.1) is 0 Å². The third-order valence-electron chi connectivity index (χ3n) is 2.07. The van der Waals surface area contributed by atoms with Crippen molar-refractivity contribution in [3.8, 4) is 0 Å². The molecule has 12 heavy (non-hydrogen) atoms. The molecule has 0 aliphatic heterocycles. The lowest BCUT2D eigenvalue weighted by Crippen LogP contribution is -2.11. The monoisotopic (exact) mass is 167 g/mol. The van der Waals surface area contributed by atoms with Crippen LogP contribution in [0.2, 0.25) is 0 Å². The zero-order chi connectivity index (χ0) is 8.97. The van der Waals surface area contributed by atoms with Crippen molar-refractivity contribution in [1.29, 1.82) is 0 Å². The van der Waals surface area contributed by atoms with Crippen LogP contribution < -0.4 is 5.32 Å². The van der Waals surface area contributed by atoms with E-state index >= 15 is 0 Å². The molecule has 1 atom stereocenters. The molecule has 66 valence electrons. The maximum Gasteiger partial charge on any atom is 0.115 e. The molecule has 1 unspecified atom stereocenters. The third-order valence-corrected chi connectivity index (χ3v) is 2.07. The third kappa shape index (κ3) is 2.05. The van der Waals surface area contributed by atoms with Crippen molar-refractivity contribution in [3.05, 3.63) is 35.4 Å².